The molecule has 2 aromatic carbocycles. The highest BCUT2D eigenvalue weighted by Crippen LogP contribution is 2.47. The molecule has 0 bridgehead atoms. The third-order valence-electron chi connectivity index (χ3n) is 4.20. The predicted octanol–water partition coefficient (Wildman–Crippen LogP) is 2.82. The van der Waals surface area contributed by atoms with Gasteiger partial charge in [0.2, 0.25) is 0 Å². The molecule has 0 saturated carbocycles. The van der Waals surface area contributed by atoms with Crippen molar-refractivity contribution in [3.8, 4) is 0 Å². The van der Waals surface area contributed by atoms with Gasteiger partial charge in [-0.2, -0.15) is 0 Å². The molecule has 2 heteroatoms. The molecule has 0 radical (unpaired) electrons. The van der Waals surface area contributed by atoms with Crippen molar-refractivity contribution in [3.63, 3.8) is 0 Å². The molecule has 0 aliphatic heterocycles. The Labute approximate surface area is 113 Å². The minimum atomic E-state index is -1.07. The highest BCUT2D eigenvalue weighted by Gasteiger charge is 2.44. The van der Waals surface area contributed by atoms with Crippen LogP contribution in [0, 0.1) is 6.92 Å². The summed E-state index contributed by atoms with van der Waals surface area (Å²) in [5.74, 6) is 0. The smallest absolute Gasteiger partial charge is 0.113 e. The second-order valence-corrected chi connectivity index (χ2v) is 5.74. The molecule has 2 atom stereocenters. The number of aliphatic hydroxyl groups is 2. The fourth-order valence-corrected chi connectivity index (χ4v) is 3.11. The minimum absolute atomic E-state index is 0.774. The standard InChI is InChI=1S/C17H18O2/c1-11-8-9-14-15(10-11)17(3,19)13-7-5-4-6-12(13)16(14,2)18/h4-10,18-19H,1-3H3. The van der Waals surface area contributed by atoms with Crippen LogP contribution < -0.4 is 0 Å². The molecule has 98 valence electrons. The average molecular weight is 254 g/mol. The number of benzene rings is 2. The fourth-order valence-electron chi connectivity index (χ4n) is 3.11. The van der Waals surface area contributed by atoms with Crippen LogP contribution in [0.25, 0.3) is 0 Å². The maximum Gasteiger partial charge on any atom is 0.113 e. The minimum Gasteiger partial charge on any atom is -0.381 e. The molecule has 2 aromatic rings. The summed E-state index contributed by atoms with van der Waals surface area (Å²) in [5, 5.41) is 21.8. The predicted molar refractivity (Wildman–Crippen MR) is 75.0 cm³/mol. The maximum absolute atomic E-state index is 10.9. The number of rotatable bonds is 0. The molecule has 0 spiro atoms. The molecule has 0 fully saturated rings. The van der Waals surface area contributed by atoms with Crippen LogP contribution in [-0.4, -0.2) is 10.2 Å². The van der Waals surface area contributed by atoms with E-state index in [0.717, 1.165) is 27.8 Å². The zero-order valence-corrected chi connectivity index (χ0v) is 11.4. The van der Waals surface area contributed by atoms with Crippen molar-refractivity contribution >= 4 is 0 Å². The topological polar surface area (TPSA) is 40.5 Å². The lowest BCUT2D eigenvalue weighted by Crippen LogP contribution is -2.39. The molecule has 2 unspecified atom stereocenters. The quantitative estimate of drug-likeness (QED) is 0.759. The maximum atomic E-state index is 10.9. The SMILES string of the molecule is Cc1ccc2c(c1)C(C)(O)c1ccccc1C2(C)O. The Morgan fingerprint density at radius 1 is 0.737 bits per heavy atom. The van der Waals surface area contributed by atoms with Gasteiger partial charge in [0.1, 0.15) is 11.2 Å². The summed E-state index contributed by atoms with van der Waals surface area (Å²) in [7, 11) is 0. The van der Waals surface area contributed by atoms with Crippen LogP contribution in [0.1, 0.15) is 41.7 Å². The van der Waals surface area contributed by atoms with Crippen molar-refractivity contribution in [1.82, 2.24) is 0 Å². The first kappa shape index (κ1) is 12.4. The molecule has 1 aliphatic rings. The van der Waals surface area contributed by atoms with E-state index in [1.54, 1.807) is 13.8 Å². The van der Waals surface area contributed by atoms with Gasteiger partial charge in [-0.05, 0) is 43.0 Å². The van der Waals surface area contributed by atoms with Crippen molar-refractivity contribution in [1.29, 1.82) is 0 Å². The molecule has 2 nitrogen and oxygen atoms in total. The Kier molecular flexibility index (Phi) is 2.40. The molecular formula is C17H18O2. The highest BCUT2D eigenvalue weighted by molar-refractivity contribution is 5.56. The van der Waals surface area contributed by atoms with Gasteiger partial charge in [0.05, 0.1) is 0 Å². The number of fused-ring (bicyclic) bond motifs is 2. The van der Waals surface area contributed by atoms with Gasteiger partial charge in [0, 0.05) is 0 Å². The normalized spacial score (nSPS) is 28.7. The van der Waals surface area contributed by atoms with Crippen molar-refractivity contribution in [2.45, 2.75) is 32.0 Å². The molecule has 0 amide bonds. The Morgan fingerprint density at radius 2 is 1.21 bits per heavy atom. The molecule has 0 aromatic heterocycles. The second kappa shape index (κ2) is 3.69. The van der Waals surface area contributed by atoms with Crippen LogP contribution in [0.15, 0.2) is 42.5 Å². The van der Waals surface area contributed by atoms with E-state index in [2.05, 4.69) is 0 Å². The Balaban J connectivity index is 2.40. The van der Waals surface area contributed by atoms with E-state index in [9.17, 15) is 10.2 Å². The molecule has 2 N–H and O–H groups in total. The van der Waals surface area contributed by atoms with Crippen LogP contribution >= 0.6 is 0 Å². The second-order valence-electron chi connectivity index (χ2n) is 5.74. The van der Waals surface area contributed by atoms with E-state index < -0.39 is 11.2 Å². The molecular weight excluding hydrogens is 236 g/mol. The zero-order chi connectivity index (χ0) is 13.8. The van der Waals surface area contributed by atoms with Crippen molar-refractivity contribution in [2.75, 3.05) is 0 Å². The Hall–Kier alpha value is -1.64. The lowest BCUT2D eigenvalue weighted by atomic mass is 9.69. The Morgan fingerprint density at radius 3 is 1.79 bits per heavy atom. The summed E-state index contributed by atoms with van der Waals surface area (Å²) in [6, 6.07) is 13.4. The Bertz CT molecular complexity index is 654. The van der Waals surface area contributed by atoms with E-state index in [-0.39, 0.29) is 0 Å². The van der Waals surface area contributed by atoms with E-state index in [1.165, 1.54) is 0 Å². The number of hydrogen-bond donors (Lipinski definition) is 2. The third kappa shape index (κ3) is 1.57. The largest absolute Gasteiger partial charge is 0.381 e. The van der Waals surface area contributed by atoms with E-state index in [4.69, 9.17) is 0 Å². The molecule has 3 rings (SSSR count). The van der Waals surface area contributed by atoms with Crippen LogP contribution in [0.4, 0.5) is 0 Å². The lowest BCUT2D eigenvalue weighted by Gasteiger charge is -2.41. The van der Waals surface area contributed by atoms with Gasteiger partial charge >= 0.3 is 0 Å². The van der Waals surface area contributed by atoms with Crippen LogP contribution in [-0.2, 0) is 11.2 Å². The highest BCUT2D eigenvalue weighted by atomic mass is 16.3. The van der Waals surface area contributed by atoms with Gasteiger partial charge in [0.15, 0.2) is 0 Å². The first-order valence-corrected chi connectivity index (χ1v) is 6.51. The summed E-state index contributed by atoms with van der Waals surface area (Å²) in [5.41, 5.74) is 2.06. The molecule has 1 aliphatic carbocycles. The zero-order valence-electron chi connectivity index (χ0n) is 11.4. The molecule has 19 heavy (non-hydrogen) atoms. The summed E-state index contributed by atoms with van der Waals surface area (Å²) in [6.45, 7) is 5.57. The summed E-state index contributed by atoms with van der Waals surface area (Å²) in [6.07, 6.45) is 0. The average Bonchev–Trinajstić information content (AvgIpc) is 2.37. The molecule has 0 heterocycles. The first-order chi connectivity index (χ1) is 8.85. The summed E-state index contributed by atoms with van der Waals surface area (Å²) < 4.78 is 0. The van der Waals surface area contributed by atoms with Crippen molar-refractivity contribution in [3.05, 3.63) is 70.3 Å². The van der Waals surface area contributed by atoms with E-state index in [1.807, 2.05) is 49.4 Å². The van der Waals surface area contributed by atoms with Gasteiger partial charge in [-0.25, -0.2) is 0 Å². The van der Waals surface area contributed by atoms with Gasteiger partial charge in [0.25, 0.3) is 0 Å². The lowest BCUT2D eigenvalue weighted by molar-refractivity contribution is 0.0508. The van der Waals surface area contributed by atoms with Gasteiger partial charge in [-0.1, -0.05) is 48.0 Å². The van der Waals surface area contributed by atoms with Crippen LogP contribution in [0.5, 0.6) is 0 Å². The van der Waals surface area contributed by atoms with E-state index >= 15 is 0 Å². The monoisotopic (exact) mass is 254 g/mol. The fraction of sp³-hybridized carbons (Fsp3) is 0.294. The van der Waals surface area contributed by atoms with Crippen molar-refractivity contribution < 1.29 is 10.2 Å². The van der Waals surface area contributed by atoms with Gasteiger partial charge in [-0.15, -0.1) is 0 Å². The van der Waals surface area contributed by atoms with Gasteiger partial charge in [-0.3, -0.25) is 0 Å². The third-order valence-corrected chi connectivity index (χ3v) is 4.20. The number of hydrogen-bond acceptors (Lipinski definition) is 2. The van der Waals surface area contributed by atoms with Crippen LogP contribution in [0.3, 0.4) is 0 Å². The van der Waals surface area contributed by atoms with Gasteiger partial charge < -0.3 is 10.2 Å². The summed E-state index contributed by atoms with van der Waals surface area (Å²) >= 11 is 0. The van der Waals surface area contributed by atoms with Crippen LogP contribution in [0.2, 0.25) is 0 Å². The van der Waals surface area contributed by atoms with E-state index in [0.29, 0.717) is 0 Å². The first-order valence-electron chi connectivity index (χ1n) is 6.51. The van der Waals surface area contributed by atoms with Crippen molar-refractivity contribution in [2.24, 2.45) is 0 Å². The summed E-state index contributed by atoms with van der Waals surface area (Å²) in [4.78, 5) is 0. The molecule has 0 saturated heterocycles. The number of aryl methyl sites for hydroxylation is 1.